The van der Waals surface area contributed by atoms with E-state index in [1.165, 1.54) is 0 Å². The Labute approximate surface area is 105 Å². The maximum Gasteiger partial charge on any atom is 0.246 e. The number of aryl methyl sites for hydroxylation is 1. The summed E-state index contributed by atoms with van der Waals surface area (Å²) in [7, 11) is 1.76. The van der Waals surface area contributed by atoms with Crippen LogP contribution < -0.4 is 10.6 Å². The van der Waals surface area contributed by atoms with Gasteiger partial charge in [0, 0.05) is 12.7 Å². The Morgan fingerprint density at radius 3 is 2.89 bits per heavy atom. The second-order valence-corrected chi connectivity index (χ2v) is 5.04. The molecule has 1 saturated carbocycles. The van der Waals surface area contributed by atoms with E-state index in [1.54, 1.807) is 11.9 Å². The van der Waals surface area contributed by atoms with Gasteiger partial charge in [-0.2, -0.15) is 0 Å². The highest BCUT2D eigenvalue weighted by Crippen LogP contribution is 2.35. The SMILES string of the molecule is Cc1nc2ccc(N(C)C(=O)C3(N)CC3)cc2[nH]1. The molecule has 0 saturated heterocycles. The van der Waals surface area contributed by atoms with Crippen LogP contribution in [0.15, 0.2) is 18.2 Å². The van der Waals surface area contributed by atoms with E-state index in [9.17, 15) is 4.79 Å². The zero-order valence-corrected chi connectivity index (χ0v) is 10.5. The lowest BCUT2D eigenvalue weighted by Crippen LogP contribution is -2.43. The number of likely N-dealkylation sites (N-methyl/N-ethyl adjacent to an activating group) is 1. The van der Waals surface area contributed by atoms with Gasteiger partial charge in [0.25, 0.3) is 0 Å². The van der Waals surface area contributed by atoms with Gasteiger partial charge in [0.2, 0.25) is 5.91 Å². The van der Waals surface area contributed by atoms with E-state index < -0.39 is 5.54 Å². The summed E-state index contributed by atoms with van der Waals surface area (Å²) in [5.41, 5.74) is 7.99. The van der Waals surface area contributed by atoms with Crippen LogP contribution in [0.25, 0.3) is 11.0 Å². The number of anilines is 1. The number of aromatic amines is 1. The van der Waals surface area contributed by atoms with E-state index in [4.69, 9.17) is 5.73 Å². The molecule has 1 amide bonds. The summed E-state index contributed by atoms with van der Waals surface area (Å²) in [4.78, 5) is 21.3. The van der Waals surface area contributed by atoms with Gasteiger partial charge in [-0.1, -0.05) is 0 Å². The molecule has 3 rings (SSSR count). The van der Waals surface area contributed by atoms with Crippen molar-refractivity contribution >= 4 is 22.6 Å². The lowest BCUT2D eigenvalue weighted by Gasteiger charge is -2.20. The highest BCUT2D eigenvalue weighted by Gasteiger charge is 2.47. The Morgan fingerprint density at radius 2 is 2.22 bits per heavy atom. The van der Waals surface area contributed by atoms with Crippen LogP contribution in [0.4, 0.5) is 5.69 Å². The van der Waals surface area contributed by atoms with Gasteiger partial charge in [-0.3, -0.25) is 4.79 Å². The fourth-order valence-corrected chi connectivity index (χ4v) is 2.13. The highest BCUT2D eigenvalue weighted by atomic mass is 16.2. The molecule has 5 heteroatoms. The van der Waals surface area contributed by atoms with E-state index in [0.717, 1.165) is 35.4 Å². The van der Waals surface area contributed by atoms with E-state index in [0.29, 0.717) is 0 Å². The third-order valence-corrected chi connectivity index (χ3v) is 3.49. The highest BCUT2D eigenvalue weighted by molar-refractivity contribution is 6.02. The predicted octanol–water partition coefficient (Wildman–Crippen LogP) is 1.33. The quantitative estimate of drug-likeness (QED) is 0.836. The van der Waals surface area contributed by atoms with Crippen LogP contribution in [0.3, 0.4) is 0 Å². The van der Waals surface area contributed by atoms with Gasteiger partial charge in [-0.15, -0.1) is 0 Å². The number of amides is 1. The molecule has 0 aliphatic heterocycles. The molecule has 2 aromatic rings. The van der Waals surface area contributed by atoms with Gasteiger partial charge in [0.05, 0.1) is 16.6 Å². The van der Waals surface area contributed by atoms with E-state index in [2.05, 4.69) is 9.97 Å². The minimum atomic E-state index is -0.631. The molecule has 0 radical (unpaired) electrons. The smallest absolute Gasteiger partial charge is 0.246 e. The van der Waals surface area contributed by atoms with Crippen molar-refractivity contribution in [3.63, 3.8) is 0 Å². The third-order valence-electron chi connectivity index (χ3n) is 3.49. The topological polar surface area (TPSA) is 75.0 Å². The number of H-pyrrole nitrogens is 1. The predicted molar refractivity (Wildman–Crippen MR) is 70.4 cm³/mol. The maximum absolute atomic E-state index is 12.1. The van der Waals surface area contributed by atoms with Crippen molar-refractivity contribution in [2.24, 2.45) is 5.73 Å². The molecule has 1 aliphatic rings. The van der Waals surface area contributed by atoms with Crippen LogP contribution in [0.5, 0.6) is 0 Å². The van der Waals surface area contributed by atoms with Crippen molar-refractivity contribution < 1.29 is 4.79 Å². The number of benzene rings is 1. The number of imidazole rings is 1. The summed E-state index contributed by atoms with van der Waals surface area (Å²) in [6.45, 7) is 1.91. The molecule has 0 spiro atoms. The van der Waals surface area contributed by atoms with Crippen molar-refractivity contribution in [2.45, 2.75) is 25.3 Å². The number of carbonyl (C=O) groups excluding carboxylic acids is 1. The minimum Gasteiger partial charge on any atom is -0.342 e. The van der Waals surface area contributed by atoms with Crippen LogP contribution in [0, 0.1) is 6.92 Å². The zero-order chi connectivity index (χ0) is 12.9. The van der Waals surface area contributed by atoms with E-state index >= 15 is 0 Å². The second kappa shape index (κ2) is 3.55. The van der Waals surface area contributed by atoms with Crippen molar-refractivity contribution in [1.82, 2.24) is 9.97 Å². The first kappa shape index (κ1) is 11.2. The Morgan fingerprint density at radius 1 is 1.50 bits per heavy atom. The first-order chi connectivity index (χ1) is 8.49. The number of nitrogens with zero attached hydrogens (tertiary/aromatic N) is 2. The summed E-state index contributed by atoms with van der Waals surface area (Å²) in [6, 6.07) is 5.74. The Balaban J connectivity index is 1.95. The van der Waals surface area contributed by atoms with Crippen molar-refractivity contribution in [2.75, 3.05) is 11.9 Å². The number of rotatable bonds is 2. The third kappa shape index (κ3) is 1.67. The number of nitrogens with two attached hydrogens (primary N) is 1. The molecular formula is C13H16N4O. The summed E-state index contributed by atoms with van der Waals surface area (Å²) in [5.74, 6) is 0.853. The largest absolute Gasteiger partial charge is 0.342 e. The van der Waals surface area contributed by atoms with E-state index in [1.807, 2.05) is 25.1 Å². The van der Waals surface area contributed by atoms with Crippen LogP contribution >= 0.6 is 0 Å². The molecule has 1 aromatic heterocycles. The van der Waals surface area contributed by atoms with Gasteiger partial charge in [-0.05, 0) is 38.0 Å². The summed E-state index contributed by atoms with van der Waals surface area (Å²) >= 11 is 0. The lowest BCUT2D eigenvalue weighted by molar-refractivity contribution is -0.120. The molecule has 94 valence electrons. The standard InChI is InChI=1S/C13H16N4O/c1-8-15-10-4-3-9(7-11(10)16-8)17(2)12(18)13(14)5-6-13/h3-4,7H,5-6,14H2,1-2H3,(H,15,16). The number of nitrogens with one attached hydrogen (secondary N) is 1. The van der Waals surface area contributed by atoms with Gasteiger partial charge in [-0.25, -0.2) is 4.98 Å². The number of aromatic nitrogens is 2. The summed E-state index contributed by atoms with van der Waals surface area (Å²) in [5, 5.41) is 0. The minimum absolute atomic E-state index is 0.0157. The molecule has 5 nitrogen and oxygen atoms in total. The van der Waals surface area contributed by atoms with Crippen molar-refractivity contribution in [3.8, 4) is 0 Å². The zero-order valence-electron chi connectivity index (χ0n) is 10.5. The second-order valence-electron chi connectivity index (χ2n) is 5.04. The van der Waals surface area contributed by atoms with Crippen LogP contribution in [0.1, 0.15) is 18.7 Å². The molecule has 18 heavy (non-hydrogen) atoms. The number of hydrogen-bond acceptors (Lipinski definition) is 3. The summed E-state index contributed by atoms with van der Waals surface area (Å²) in [6.07, 6.45) is 1.56. The Hall–Kier alpha value is -1.88. The van der Waals surface area contributed by atoms with Crippen molar-refractivity contribution in [3.05, 3.63) is 24.0 Å². The van der Waals surface area contributed by atoms with Gasteiger partial charge in [0.1, 0.15) is 5.82 Å². The van der Waals surface area contributed by atoms with Crippen LogP contribution in [-0.2, 0) is 4.79 Å². The Bertz CT molecular complexity index is 627. The molecule has 0 unspecified atom stereocenters. The normalized spacial score (nSPS) is 16.8. The number of fused-ring (bicyclic) bond motifs is 1. The van der Waals surface area contributed by atoms with Gasteiger partial charge < -0.3 is 15.6 Å². The summed E-state index contributed by atoms with van der Waals surface area (Å²) < 4.78 is 0. The van der Waals surface area contributed by atoms with Crippen molar-refractivity contribution in [1.29, 1.82) is 0 Å². The molecule has 1 fully saturated rings. The fourth-order valence-electron chi connectivity index (χ4n) is 2.13. The van der Waals surface area contributed by atoms with Crippen LogP contribution in [-0.4, -0.2) is 28.5 Å². The number of carbonyl (C=O) groups is 1. The molecule has 1 aliphatic carbocycles. The molecule has 1 heterocycles. The first-order valence-electron chi connectivity index (χ1n) is 6.03. The lowest BCUT2D eigenvalue weighted by atomic mass is 10.2. The van der Waals surface area contributed by atoms with Gasteiger partial charge >= 0.3 is 0 Å². The van der Waals surface area contributed by atoms with Gasteiger partial charge in [0.15, 0.2) is 0 Å². The molecular weight excluding hydrogens is 228 g/mol. The molecule has 1 aromatic carbocycles. The monoisotopic (exact) mass is 244 g/mol. The molecule has 3 N–H and O–H groups in total. The maximum atomic E-state index is 12.1. The Kier molecular flexibility index (Phi) is 2.22. The molecule has 0 atom stereocenters. The first-order valence-corrected chi connectivity index (χ1v) is 6.03. The number of hydrogen-bond donors (Lipinski definition) is 2. The van der Waals surface area contributed by atoms with E-state index in [-0.39, 0.29) is 5.91 Å². The molecule has 0 bridgehead atoms. The van der Waals surface area contributed by atoms with Crippen LogP contribution in [0.2, 0.25) is 0 Å². The average Bonchev–Trinajstić information content (AvgIpc) is 2.98. The fraction of sp³-hybridized carbons (Fsp3) is 0.385. The average molecular weight is 244 g/mol.